The van der Waals surface area contributed by atoms with E-state index in [-0.39, 0.29) is 12.2 Å². The Labute approximate surface area is 101 Å². The molecule has 2 atom stereocenters. The SMILES string of the molecule is OC(CC1OCCO1)C1CCc2cccnc21. The second-order valence-corrected chi connectivity index (χ2v) is 4.67. The van der Waals surface area contributed by atoms with Crippen LogP contribution in [0.1, 0.15) is 30.0 Å². The summed E-state index contributed by atoms with van der Waals surface area (Å²) in [5.41, 5.74) is 2.32. The highest BCUT2D eigenvalue weighted by molar-refractivity contribution is 5.29. The Hall–Kier alpha value is -0.970. The lowest BCUT2D eigenvalue weighted by Crippen LogP contribution is -2.24. The molecule has 2 aliphatic rings. The van der Waals surface area contributed by atoms with Crippen LogP contribution in [0.5, 0.6) is 0 Å². The van der Waals surface area contributed by atoms with Crippen LogP contribution in [0.25, 0.3) is 0 Å². The van der Waals surface area contributed by atoms with Gasteiger partial charge in [0.1, 0.15) is 0 Å². The molecule has 0 amide bonds. The largest absolute Gasteiger partial charge is 0.392 e. The smallest absolute Gasteiger partial charge is 0.160 e. The van der Waals surface area contributed by atoms with Crippen molar-refractivity contribution in [1.29, 1.82) is 0 Å². The van der Waals surface area contributed by atoms with Gasteiger partial charge in [0.05, 0.1) is 19.3 Å². The lowest BCUT2D eigenvalue weighted by molar-refractivity contribution is -0.0740. The molecule has 4 heteroatoms. The number of fused-ring (bicyclic) bond motifs is 1. The van der Waals surface area contributed by atoms with E-state index in [2.05, 4.69) is 11.1 Å². The van der Waals surface area contributed by atoms with Crippen LogP contribution in [0, 0.1) is 0 Å². The zero-order valence-electron chi connectivity index (χ0n) is 9.71. The fourth-order valence-electron chi connectivity index (χ4n) is 2.72. The molecular weight excluding hydrogens is 218 g/mol. The maximum absolute atomic E-state index is 10.3. The molecule has 0 spiro atoms. The van der Waals surface area contributed by atoms with Crippen molar-refractivity contribution < 1.29 is 14.6 Å². The highest BCUT2D eigenvalue weighted by Crippen LogP contribution is 2.35. The molecule has 0 saturated carbocycles. The number of aryl methyl sites for hydroxylation is 1. The number of ether oxygens (including phenoxy) is 2. The zero-order valence-corrected chi connectivity index (χ0v) is 9.71. The summed E-state index contributed by atoms with van der Waals surface area (Å²) in [5.74, 6) is 0.138. The molecule has 1 N–H and O–H groups in total. The average Bonchev–Trinajstić information content (AvgIpc) is 2.96. The first-order chi connectivity index (χ1) is 8.34. The van der Waals surface area contributed by atoms with E-state index in [1.165, 1.54) is 5.56 Å². The average molecular weight is 235 g/mol. The molecule has 1 saturated heterocycles. The van der Waals surface area contributed by atoms with Crippen LogP contribution < -0.4 is 0 Å². The highest BCUT2D eigenvalue weighted by atomic mass is 16.7. The van der Waals surface area contributed by atoms with Gasteiger partial charge in [0.25, 0.3) is 0 Å². The van der Waals surface area contributed by atoms with Gasteiger partial charge in [0.15, 0.2) is 6.29 Å². The first kappa shape index (κ1) is 11.1. The molecule has 2 heterocycles. The summed E-state index contributed by atoms with van der Waals surface area (Å²) in [5, 5.41) is 10.3. The minimum Gasteiger partial charge on any atom is -0.392 e. The van der Waals surface area contributed by atoms with Crippen LogP contribution in [0.2, 0.25) is 0 Å². The van der Waals surface area contributed by atoms with Gasteiger partial charge in [0.2, 0.25) is 0 Å². The fraction of sp³-hybridized carbons (Fsp3) is 0.615. The predicted molar refractivity (Wildman–Crippen MR) is 61.6 cm³/mol. The van der Waals surface area contributed by atoms with Crippen LogP contribution in [0.15, 0.2) is 18.3 Å². The molecule has 3 rings (SSSR count). The van der Waals surface area contributed by atoms with Crippen molar-refractivity contribution in [2.45, 2.75) is 37.6 Å². The standard InChI is InChI=1S/C13H17NO3/c15-11(8-12-16-6-7-17-12)10-4-3-9-2-1-5-14-13(9)10/h1-2,5,10-12,15H,3-4,6-8H2. The maximum Gasteiger partial charge on any atom is 0.160 e. The molecule has 17 heavy (non-hydrogen) atoms. The lowest BCUT2D eigenvalue weighted by atomic mass is 9.97. The van der Waals surface area contributed by atoms with Gasteiger partial charge in [0, 0.05) is 24.2 Å². The van der Waals surface area contributed by atoms with Crippen molar-refractivity contribution in [3.8, 4) is 0 Å². The van der Waals surface area contributed by atoms with Gasteiger partial charge < -0.3 is 14.6 Å². The van der Waals surface area contributed by atoms with E-state index in [1.807, 2.05) is 6.07 Å². The van der Waals surface area contributed by atoms with Gasteiger partial charge in [-0.05, 0) is 24.5 Å². The molecule has 2 unspecified atom stereocenters. The minimum absolute atomic E-state index is 0.138. The fourth-order valence-corrected chi connectivity index (χ4v) is 2.72. The Morgan fingerprint density at radius 1 is 1.41 bits per heavy atom. The molecule has 4 nitrogen and oxygen atoms in total. The third kappa shape index (κ3) is 2.20. The van der Waals surface area contributed by atoms with E-state index in [0.29, 0.717) is 19.6 Å². The normalized spacial score (nSPS) is 26.1. The molecule has 92 valence electrons. The Bertz CT molecular complexity index is 390. The third-order valence-electron chi connectivity index (χ3n) is 3.59. The van der Waals surface area contributed by atoms with E-state index in [9.17, 15) is 5.11 Å². The monoisotopic (exact) mass is 235 g/mol. The van der Waals surface area contributed by atoms with Crippen molar-refractivity contribution >= 4 is 0 Å². The van der Waals surface area contributed by atoms with Crippen molar-refractivity contribution in [2.24, 2.45) is 0 Å². The van der Waals surface area contributed by atoms with Gasteiger partial charge in [-0.3, -0.25) is 4.98 Å². The molecule has 0 radical (unpaired) electrons. The maximum atomic E-state index is 10.3. The number of pyridine rings is 1. The third-order valence-corrected chi connectivity index (χ3v) is 3.59. The number of aliphatic hydroxyl groups is 1. The van der Waals surface area contributed by atoms with Crippen LogP contribution >= 0.6 is 0 Å². The first-order valence-corrected chi connectivity index (χ1v) is 6.19. The number of hydrogen-bond donors (Lipinski definition) is 1. The quantitative estimate of drug-likeness (QED) is 0.856. The van der Waals surface area contributed by atoms with E-state index in [1.54, 1.807) is 6.20 Å². The van der Waals surface area contributed by atoms with Crippen LogP contribution in [0.4, 0.5) is 0 Å². The number of hydrogen-bond acceptors (Lipinski definition) is 4. The summed E-state index contributed by atoms with van der Waals surface area (Å²) in [6.07, 6.45) is 3.66. The summed E-state index contributed by atoms with van der Waals surface area (Å²) in [6.45, 7) is 1.27. The van der Waals surface area contributed by atoms with Crippen LogP contribution in [0.3, 0.4) is 0 Å². The van der Waals surface area contributed by atoms with E-state index >= 15 is 0 Å². The van der Waals surface area contributed by atoms with E-state index in [0.717, 1.165) is 18.5 Å². The Balaban J connectivity index is 1.68. The van der Waals surface area contributed by atoms with Crippen molar-refractivity contribution in [3.63, 3.8) is 0 Å². The van der Waals surface area contributed by atoms with Gasteiger partial charge in [-0.15, -0.1) is 0 Å². The molecular formula is C13H17NO3. The molecule has 1 aromatic heterocycles. The van der Waals surface area contributed by atoms with Crippen molar-refractivity contribution in [3.05, 3.63) is 29.6 Å². The van der Waals surface area contributed by atoms with Crippen molar-refractivity contribution in [1.82, 2.24) is 4.98 Å². The van der Waals surface area contributed by atoms with E-state index in [4.69, 9.17) is 9.47 Å². The van der Waals surface area contributed by atoms with Gasteiger partial charge in [-0.25, -0.2) is 0 Å². The van der Waals surface area contributed by atoms with E-state index < -0.39 is 6.10 Å². The molecule has 1 aliphatic carbocycles. The number of aromatic nitrogens is 1. The Kier molecular flexibility index (Phi) is 3.09. The number of aliphatic hydroxyl groups excluding tert-OH is 1. The summed E-state index contributed by atoms with van der Waals surface area (Å²) in [4.78, 5) is 4.39. The van der Waals surface area contributed by atoms with Crippen LogP contribution in [-0.4, -0.2) is 35.7 Å². The molecule has 1 fully saturated rings. The first-order valence-electron chi connectivity index (χ1n) is 6.19. The second kappa shape index (κ2) is 4.72. The van der Waals surface area contributed by atoms with Crippen molar-refractivity contribution in [2.75, 3.05) is 13.2 Å². The Morgan fingerprint density at radius 3 is 3.06 bits per heavy atom. The van der Waals surface area contributed by atoms with Crippen LogP contribution in [-0.2, 0) is 15.9 Å². The summed E-state index contributed by atoms with van der Waals surface area (Å²) in [7, 11) is 0. The molecule has 0 bridgehead atoms. The lowest BCUT2D eigenvalue weighted by Gasteiger charge is -2.20. The molecule has 1 aromatic rings. The topological polar surface area (TPSA) is 51.6 Å². The predicted octanol–water partition coefficient (Wildman–Crippen LogP) is 1.24. The number of rotatable bonds is 3. The highest BCUT2D eigenvalue weighted by Gasteiger charge is 2.32. The zero-order chi connectivity index (χ0) is 11.7. The molecule has 1 aliphatic heterocycles. The van der Waals surface area contributed by atoms with Gasteiger partial charge >= 0.3 is 0 Å². The summed E-state index contributed by atoms with van der Waals surface area (Å²) < 4.78 is 10.7. The van der Waals surface area contributed by atoms with Gasteiger partial charge in [-0.1, -0.05) is 6.07 Å². The molecule has 0 aromatic carbocycles. The minimum atomic E-state index is -0.422. The Morgan fingerprint density at radius 2 is 2.24 bits per heavy atom. The number of nitrogens with zero attached hydrogens (tertiary/aromatic N) is 1. The van der Waals surface area contributed by atoms with Gasteiger partial charge in [-0.2, -0.15) is 0 Å². The second-order valence-electron chi connectivity index (χ2n) is 4.67. The summed E-state index contributed by atoms with van der Waals surface area (Å²) >= 11 is 0. The summed E-state index contributed by atoms with van der Waals surface area (Å²) in [6, 6.07) is 4.05.